The van der Waals surface area contributed by atoms with Gasteiger partial charge < -0.3 is 0 Å². The quantitative estimate of drug-likeness (QED) is 0.324. The van der Waals surface area contributed by atoms with E-state index in [1.807, 2.05) is 0 Å². The summed E-state index contributed by atoms with van der Waals surface area (Å²) in [6.45, 7) is 0. The van der Waals surface area contributed by atoms with Crippen LogP contribution in [-0.2, 0) is 0 Å². The molecule has 0 saturated heterocycles. The fourth-order valence-electron chi connectivity index (χ4n) is 0. The molecule has 0 saturated carbocycles. The summed E-state index contributed by atoms with van der Waals surface area (Å²) < 4.78 is 0. The fraction of sp³-hybridized carbons (Fsp3) is 0. The van der Waals surface area contributed by atoms with Gasteiger partial charge >= 0.3 is 0 Å². The Morgan fingerprint density at radius 3 is 0.400 bits per heavy atom. The van der Waals surface area contributed by atoms with E-state index in [4.69, 9.17) is 0 Å². The molecule has 0 atom stereocenters. The van der Waals surface area contributed by atoms with E-state index in [-0.39, 0.29) is 141 Å². The molecule has 0 fully saturated rings. The predicted molar refractivity (Wildman–Crippen MR) is 28.8 cm³/mol. The van der Waals surface area contributed by atoms with Crippen molar-refractivity contribution in [2.45, 2.75) is 0 Å². The van der Waals surface area contributed by atoms with Gasteiger partial charge in [0.1, 0.15) is 0 Å². The van der Waals surface area contributed by atoms with Crippen LogP contribution < -0.4 is 0 Å². The molecule has 0 heterocycles. The first-order valence-electron chi connectivity index (χ1n) is 0. The normalized spacial score (nSPS) is 0. The van der Waals surface area contributed by atoms with Crippen LogP contribution in [0.4, 0.5) is 0 Å². The molecule has 0 unspecified atom stereocenters. The van der Waals surface area contributed by atoms with Gasteiger partial charge in [-0.15, -0.1) is 0 Å². The third kappa shape index (κ3) is 17.7. The molecular weight excluding hydrogens is 116 g/mol. The van der Waals surface area contributed by atoms with E-state index in [0.717, 1.165) is 0 Å². The Balaban J connectivity index is 0. The van der Waals surface area contributed by atoms with Crippen LogP contribution in [-0.4, -0.2) is 141 Å². The van der Waals surface area contributed by atoms with Gasteiger partial charge in [0.05, 0.1) is 0 Å². The third-order valence-corrected chi connectivity index (χ3v) is 0. The molecule has 0 rings (SSSR count). The Bertz CT molecular complexity index is 3.61. The van der Waals surface area contributed by atoms with E-state index >= 15 is 0 Å². The summed E-state index contributed by atoms with van der Waals surface area (Å²) in [4.78, 5) is 0. The SMILES string of the molecule is [Mg].[Na].[Na].[Na].[Na]. The minimum Gasteiger partial charge on any atom is 0 e. The zero-order valence-electron chi connectivity index (χ0n) is 4.71. The monoisotopic (exact) mass is 116 g/mol. The van der Waals surface area contributed by atoms with E-state index in [1.165, 1.54) is 0 Å². The zero-order valence-corrected chi connectivity index (χ0v) is 14.1. The summed E-state index contributed by atoms with van der Waals surface area (Å²) in [5, 5.41) is 0. The van der Waals surface area contributed by atoms with Crippen molar-refractivity contribution in [2.75, 3.05) is 0 Å². The van der Waals surface area contributed by atoms with Gasteiger partial charge in [0.15, 0.2) is 0 Å². The van der Waals surface area contributed by atoms with Crippen LogP contribution in [0.3, 0.4) is 0 Å². The van der Waals surface area contributed by atoms with Crippen molar-refractivity contribution in [2.24, 2.45) is 0 Å². The molecule has 6 radical (unpaired) electrons. The van der Waals surface area contributed by atoms with Crippen molar-refractivity contribution in [1.82, 2.24) is 0 Å². The average Bonchev–Trinajstić information content (AvgIpc) is 0. The van der Waals surface area contributed by atoms with E-state index < -0.39 is 0 Å². The molecule has 0 aliphatic heterocycles. The van der Waals surface area contributed by atoms with Gasteiger partial charge in [-0.25, -0.2) is 0 Å². The molecule has 0 aliphatic carbocycles. The Labute approximate surface area is 137 Å². The van der Waals surface area contributed by atoms with Crippen LogP contribution in [0.1, 0.15) is 0 Å². The number of hydrogen-bond acceptors (Lipinski definition) is 0. The molecular formula is MgNa4. The molecule has 0 N–H and O–H groups in total. The van der Waals surface area contributed by atoms with Crippen molar-refractivity contribution >= 4 is 141 Å². The van der Waals surface area contributed by atoms with Gasteiger partial charge in [-0.2, -0.15) is 0 Å². The van der Waals surface area contributed by atoms with E-state index in [1.54, 1.807) is 0 Å². The molecule has 0 amide bonds. The molecule has 0 aliphatic rings. The summed E-state index contributed by atoms with van der Waals surface area (Å²) in [7, 11) is 0. The maximum Gasteiger partial charge on any atom is 0 e. The molecule has 6 valence electrons. The van der Waals surface area contributed by atoms with E-state index in [0.29, 0.717) is 0 Å². The summed E-state index contributed by atoms with van der Waals surface area (Å²) in [6, 6.07) is 0. The van der Waals surface area contributed by atoms with Gasteiger partial charge in [0, 0.05) is 141 Å². The third-order valence-electron chi connectivity index (χ3n) is 0. The zero-order chi connectivity index (χ0) is 0. The molecule has 0 aromatic heterocycles. The van der Waals surface area contributed by atoms with Gasteiger partial charge in [-0.3, -0.25) is 0 Å². The van der Waals surface area contributed by atoms with Crippen molar-refractivity contribution in [3.05, 3.63) is 0 Å². The Kier molecular flexibility index (Phi) is 154. The second-order valence-corrected chi connectivity index (χ2v) is 0. The van der Waals surface area contributed by atoms with Crippen molar-refractivity contribution in [1.29, 1.82) is 0 Å². The van der Waals surface area contributed by atoms with Crippen LogP contribution in [0.2, 0.25) is 0 Å². The minimum atomic E-state index is 0. The molecule has 0 spiro atoms. The van der Waals surface area contributed by atoms with Crippen LogP contribution in [0.25, 0.3) is 0 Å². The summed E-state index contributed by atoms with van der Waals surface area (Å²) in [5.41, 5.74) is 0. The molecule has 0 bridgehead atoms. The maximum atomic E-state index is 0. The standard InChI is InChI=1S/Mg.4Na. The smallest absolute Gasteiger partial charge is 0 e. The van der Waals surface area contributed by atoms with Crippen LogP contribution in [0, 0.1) is 0 Å². The summed E-state index contributed by atoms with van der Waals surface area (Å²) >= 11 is 0. The number of hydrogen-bond donors (Lipinski definition) is 0. The molecule has 5 heteroatoms. The average molecular weight is 116 g/mol. The minimum absolute atomic E-state index is 0. The van der Waals surface area contributed by atoms with Crippen LogP contribution in [0.5, 0.6) is 0 Å². The van der Waals surface area contributed by atoms with Crippen molar-refractivity contribution < 1.29 is 0 Å². The van der Waals surface area contributed by atoms with Crippen LogP contribution in [0.15, 0.2) is 0 Å². The topological polar surface area (TPSA) is 0 Å². The van der Waals surface area contributed by atoms with Gasteiger partial charge in [0.2, 0.25) is 0 Å². The first-order chi connectivity index (χ1) is 0. The van der Waals surface area contributed by atoms with E-state index in [9.17, 15) is 0 Å². The van der Waals surface area contributed by atoms with Crippen molar-refractivity contribution in [3.63, 3.8) is 0 Å². The Morgan fingerprint density at radius 1 is 0.400 bits per heavy atom. The van der Waals surface area contributed by atoms with Gasteiger partial charge in [0.25, 0.3) is 0 Å². The summed E-state index contributed by atoms with van der Waals surface area (Å²) in [6.07, 6.45) is 0. The largest absolute Gasteiger partial charge is 0 e. The Hall–Kier alpha value is 4.77. The fourth-order valence-corrected chi connectivity index (χ4v) is 0. The molecule has 0 aromatic carbocycles. The molecule has 0 nitrogen and oxygen atoms in total. The molecule has 5 heavy (non-hydrogen) atoms. The van der Waals surface area contributed by atoms with Crippen LogP contribution >= 0.6 is 0 Å². The first kappa shape index (κ1) is 33.0. The van der Waals surface area contributed by atoms with Gasteiger partial charge in [-0.1, -0.05) is 0 Å². The Morgan fingerprint density at radius 2 is 0.400 bits per heavy atom. The second-order valence-electron chi connectivity index (χ2n) is 0. The maximum absolute atomic E-state index is 0. The second kappa shape index (κ2) is 23.3. The summed E-state index contributed by atoms with van der Waals surface area (Å²) in [5.74, 6) is 0. The predicted octanol–water partition coefficient (Wildman–Crippen LogP) is -1.90. The first-order valence-corrected chi connectivity index (χ1v) is 0. The molecule has 0 aromatic rings. The number of rotatable bonds is 0. The van der Waals surface area contributed by atoms with Crippen molar-refractivity contribution in [3.8, 4) is 0 Å². The van der Waals surface area contributed by atoms with Gasteiger partial charge in [-0.05, 0) is 0 Å². The van der Waals surface area contributed by atoms with E-state index in [2.05, 4.69) is 0 Å².